The van der Waals surface area contributed by atoms with Gasteiger partial charge in [0, 0.05) is 25.5 Å². The topological polar surface area (TPSA) is 49.9 Å². The van der Waals surface area contributed by atoms with Crippen LogP contribution in [-0.2, 0) is 21.4 Å². The fourth-order valence-electron chi connectivity index (χ4n) is 3.03. The second kappa shape index (κ2) is 6.93. The molecule has 5 nitrogen and oxygen atoms in total. The van der Waals surface area contributed by atoms with E-state index in [1.807, 2.05) is 48.7 Å². The van der Waals surface area contributed by atoms with E-state index in [1.165, 1.54) is 4.31 Å². The third-order valence-electron chi connectivity index (χ3n) is 4.42. The minimum Gasteiger partial charge on any atom is -0.297 e. The SMILES string of the molecule is Cc1ccsc1C1C(S(=O)(=O)N(C)Cc2ccccc2)CON1C. The van der Waals surface area contributed by atoms with Crippen molar-refractivity contribution >= 4 is 21.4 Å². The van der Waals surface area contributed by atoms with E-state index >= 15 is 0 Å². The monoisotopic (exact) mass is 366 g/mol. The largest absolute Gasteiger partial charge is 0.297 e. The zero-order valence-electron chi connectivity index (χ0n) is 14.0. The van der Waals surface area contributed by atoms with Gasteiger partial charge in [-0.25, -0.2) is 12.7 Å². The summed E-state index contributed by atoms with van der Waals surface area (Å²) in [5, 5.41) is 3.07. The Bertz CT molecular complexity index is 789. The Morgan fingerprint density at radius 2 is 2.00 bits per heavy atom. The second-order valence-corrected chi connectivity index (χ2v) is 9.29. The van der Waals surface area contributed by atoms with Crippen LogP contribution in [0.3, 0.4) is 0 Å². The lowest BCUT2D eigenvalue weighted by molar-refractivity contribution is -0.110. The molecule has 0 saturated carbocycles. The lowest BCUT2D eigenvalue weighted by Crippen LogP contribution is -2.40. The summed E-state index contributed by atoms with van der Waals surface area (Å²) in [5.74, 6) is 0. The van der Waals surface area contributed by atoms with Crippen molar-refractivity contribution in [1.29, 1.82) is 0 Å². The number of aryl methyl sites for hydroxylation is 1. The molecule has 0 aliphatic carbocycles. The summed E-state index contributed by atoms with van der Waals surface area (Å²) in [5.41, 5.74) is 2.08. The van der Waals surface area contributed by atoms with Gasteiger partial charge in [-0.15, -0.1) is 11.3 Å². The minimum absolute atomic E-state index is 0.181. The molecule has 0 N–H and O–H groups in total. The molecule has 0 amide bonds. The van der Waals surface area contributed by atoms with Crippen molar-refractivity contribution in [3.8, 4) is 0 Å². The Morgan fingerprint density at radius 3 is 2.62 bits per heavy atom. The van der Waals surface area contributed by atoms with Crippen molar-refractivity contribution in [1.82, 2.24) is 9.37 Å². The van der Waals surface area contributed by atoms with Gasteiger partial charge in [-0.1, -0.05) is 30.3 Å². The maximum absolute atomic E-state index is 13.1. The van der Waals surface area contributed by atoms with Gasteiger partial charge in [0.25, 0.3) is 0 Å². The number of nitrogens with zero attached hydrogens (tertiary/aromatic N) is 2. The van der Waals surface area contributed by atoms with Crippen LogP contribution in [0, 0.1) is 6.92 Å². The number of hydrogen-bond donors (Lipinski definition) is 0. The highest BCUT2D eigenvalue weighted by molar-refractivity contribution is 7.89. The van der Waals surface area contributed by atoms with Crippen molar-refractivity contribution in [2.45, 2.75) is 24.8 Å². The zero-order valence-corrected chi connectivity index (χ0v) is 15.7. The number of sulfonamides is 1. The molecular formula is C17H22N2O3S2. The first-order chi connectivity index (χ1) is 11.4. The Labute approximate surface area is 147 Å². The fourth-order valence-corrected chi connectivity index (χ4v) is 5.90. The van der Waals surface area contributed by atoms with E-state index in [0.717, 1.165) is 16.0 Å². The van der Waals surface area contributed by atoms with E-state index in [9.17, 15) is 8.42 Å². The Balaban J connectivity index is 1.86. The van der Waals surface area contributed by atoms with E-state index in [0.29, 0.717) is 6.54 Å². The Hall–Kier alpha value is -1.25. The quantitative estimate of drug-likeness (QED) is 0.816. The first kappa shape index (κ1) is 17.6. The number of hydrogen-bond acceptors (Lipinski definition) is 5. The molecule has 2 heterocycles. The molecule has 1 aliphatic heterocycles. The van der Waals surface area contributed by atoms with E-state index in [1.54, 1.807) is 30.5 Å². The molecule has 0 spiro atoms. The van der Waals surface area contributed by atoms with Crippen molar-refractivity contribution in [2.24, 2.45) is 0 Å². The summed E-state index contributed by atoms with van der Waals surface area (Å²) < 4.78 is 27.7. The average molecular weight is 367 g/mol. The molecule has 130 valence electrons. The summed E-state index contributed by atoms with van der Waals surface area (Å²) >= 11 is 1.58. The van der Waals surface area contributed by atoms with Crippen molar-refractivity contribution in [3.05, 3.63) is 57.8 Å². The smallest absolute Gasteiger partial charge is 0.221 e. The summed E-state index contributed by atoms with van der Waals surface area (Å²) in [6.45, 7) is 2.55. The highest BCUT2D eigenvalue weighted by Crippen LogP contribution is 2.38. The van der Waals surface area contributed by atoms with Crippen LogP contribution in [-0.4, -0.2) is 43.7 Å². The van der Waals surface area contributed by atoms with Crippen LogP contribution in [0.4, 0.5) is 0 Å². The Morgan fingerprint density at radius 1 is 1.29 bits per heavy atom. The average Bonchev–Trinajstić information content (AvgIpc) is 3.14. The molecule has 0 bridgehead atoms. The third-order valence-corrected chi connectivity index (χ3v) is 7.67. The van der Waals surface area contributed by atoms with Crippen LogP contribution in [0.15, 0.2) is 41.8 Å². The fraction of sp³-hybridized carbons (Fsp3) is 0.412. The molecule has 24 heavy (non-hydrogen) atoms. The van der Waals surface area contributed by atoms with Crippen LogP contribution in [0.25, 0.3) is 0 Å². The summed E-state index contributed by atoms with van der Waals surface area (Å²) in [6.07, 6.45) is 0. The molecule has 3 rings (SSSR count). The van der Waals surface area contributed by atoms with Gasteiger partial charge in [0.2, 0.25) is 10.0 Å². The lowest BCUT2D eigenvalue weighted by atomic mass is 10.1. The summed E-state index contributed by atoms with van der Waals surface area (Å²) in [6, 6.07) is 11.4. The van der Waals surface area contributed by atoms with Crippen LogP contribution >= 0.6 is 11.3 Å². The normalized spacial score (nSPS) is 22.3. The van der Waals surface area contributed by atoms with Crippen molar-refractivity contribution < 1.29 is 13.3 Å². The Kier molecular flexibility index (Phi) is 5.08. The molecule has 2 unspecified atom stereocenters. The molecule has 1 aromatic carbocycles. The van der Waals surface area contributed by atoms with E-state index in [4.69, 9.17) is 4.84 Å². The van der Waals surface area contributed by atoms with Crippen LogP contribution in [0.1, 0.15) is 22.0 Å². The van der Waals surface area contributed by atoms with Gasteiger partial charge in [0.15, 0.2) is 0 Å². The van der Waals surface area contributed by atoms with Crippen LogP contribution < -0.4 is 0 Å². The summed E-state index contributed by atoms with van der Waals surface area (Å²) in [4.78, 5) is 6.63. The predicted octanol–water partition coefficient (Wildman–Crippen LogP) is 2.81. The van der Waals surface area contributed by atoms with Gasteiger partial charge in [0.05, 0.1) is 12.6 Å². The molecule has 2 aromatic rings. The minimum atomic E-state index is -3.49. The zero-order chi connectivity index (χ0) is 17.3. The standard InChI is InChI=1S/C17H22N2O3S2/c1-13-9-10-23-17(13)16-15(12-22-19(16)3)24(20,21)18(2)11-14-7-5-4-6-8-14/h4-10,15-16H,11-12H2,1-3H3. The maximum atomic E-state index is 13.1. The maximum Gasteiger partial charge on any atom is 0.221 e. The third kappa shape index (κ3) is 3.27. The van der Waals surface area contributed by atoms with Gasteiger partial charge in [-0.3, -0.25) is 4.84 Å². The van der Waals surface area contributed by atoms with Gasteiger partial charge < -0.3 is 0 Å². The molecule has 1 aliphatic rings. The molecule has 1 aromatic heterocycles. The number of thiophene rings is 1. The number of rotatable bonds is 5. The van der Waals surface area contributed by atoms with Crippen molar-refractivity contribution in [2.75, 3.05) is 20.7 Å². The first-order valence-corrected chi connectivity index (χ1v) is 10.2. The van der Waals surface area contributed by atoms with Gasteiger partial charge in [-0.05, 0) is 29.5 Å². The van der Waals surface area contributed by atoms with Crippen molar-refractivity contribution in [3.63, 3.8) is 0 Å². The number of hydroxylamine groups is 2. The summed E-state index contributed by atoms with van der Waals surface area (Å²) in [7, 11) is -0.0484. The molecular weight excluding hydrogens is 344 g/mol. The highest BCUT2D eigenvalue weighted by atomic mass is 32.2. The number of benzene rings is 1. The highest BCUT2D eigenvalue weighted by Gasteiger charge is 2.45. The van der Waals surface area contributed by atoms with Gasteiger partial charge in [0.1, 0.15) is 5.25 Å². The first-order valence-electron chi connectivity index (χ1n) is 7.80. The molecule has 1 saturated heterocycles. The molecule has 7 heteroatoms. The van der Waals surface area contributed by atoms with Gasteiger partial charge in [-0.2, -0.15) is 5.06 Å². The van der Waals surface area contributed by atoms with E-state index in [2.05, 4.69) is 0 Å². The second-order valence-electron chi connectivity index (χ2n) is 6.08. The van der Waals surface area contributed by atoms with E-state index in [-0.39, 0.29) is 12.6 Å². The predicted molar refractivity (Wildman–Crippen MR) is 96.1 cm³/mol. The molecule has 1 fully saturated rings. The lowest BCUT2D eigenvalue weighted by Gasteiger charge is -2.26. The van der Waals surface area contributed by atoms with E-state index < -0.39 is 15.3 Å². The molecule has 0 radical (unpaired) electrons. The van der Waals surface area contributed by atoms with Crippen LogP contribution in [0.2, 0.25) is 0 Å². The van der Waals surface area contributed by atoms with Crippen LogP contribution in [0.5, 0.6) is 0 Å². The van der Waals surface area contributed by atoms with Gasteiger partial charge >= 0.3 is 0 Å². The molecule has 2 atom stereocenters.